The van der Waals surface area contributed by atoms with E-state index < -0.39 is 0 Å². The molecule has 0 heterocycles. The molecule has 25 heavy (non-hydrogen) atoms. The zero-order valence-electron chi connectivity index (χ0n) is 15.2. The van der Waals surface area contributed by atoms with E-state index in [9.17, 15) is 4.79 Å². The van der Waals surface area contributed by atoms with E-state index in [4.69, 9.17) is 4.74 Å². The van der Waals surface area contributed by atoms with Crippen LogP contribution in [0.2, 0.25) is 0 Å². The van der Waals surface area contributed by atoms with E-state index in [1.807, 2.05) is 75.4 Å². The van der Waals surface area contributed by atoms with Crippen molar-refractivity contribution in [2.24, 2.45) is 0 Å². The molecule has 3 aromatic rings. The summed E-state index contributed by atoms with van der Waals surface area (Å²) in [6, 6.07) is 24.2. The monoisotopic (exact) mass is 332 g/mol. The van der Waals surface area contributed by atoms with Crippen molar-refractivity contribution in [2.75, 3.05) is 7.11 Å². The number of carbonyl (C=O) groups excluding carboxylic acids is 1. The molecule has 0 aliphatic rings. The molecule has 0 aromatic heterocycles. The van der Waals surface area contributed by atoms with Crippen LogP contribution in [0.25, 0.3) is 22.3 Å². The van der Waals surface area contributed by atoms with Crippen LogP contribution in [0.4, 0.5) is 0 Å². The highest BCUT2D eigenvalue weighted by Gasteiger charge is 2.18. The van der Waals surface area contributed by atoms with Crippen LogP contribution in [0.15, 0.2) is 72.8 Å². The Kier molecular flexibility index (Phi) is 6.53. The summed E-state index contributed by atoms with van der Waals surface area (Å²) < 4.78 is 4.99. The Labute approximate surface area is 150 Å². The number of hydrogen-bond acceptors (Lipinski definition) is 2. The molecule has 0 amide bonds. The molecule has 0 aliphatic carbocycles. The molecule has 0 spiro atoms. The highest BCUT2D eigenvalue weighted by molar-refractivity contribution is 6.00. The van der Waals surface area contributed by atoms with Gasteiger partial charge in [0.2, 0.25) is 0 Å². The number of methoxy groups -OCH3 is 1. The zero-order chi connectivity index (χ0) is 18.2. The summed E-state index contributed by atoms with van der Waals surface area (Å²) in [4.78, 5) is 12.3. The summed E-state index contributed by atoms with van der Waals surface area (Å²) in [7, 11) is 1.42. The summed E-state index contributed by atoms with van der Waals surface area (Å²) >= 11 is 0. The van der Waals surface area contributed by atoms with Crippen molar-refractivity contribution in [3.05, 3.63) is 83.9 Å². The predicted molar refractivity (Wildman–Crippen MR) is 105 cm³/mol. The smallest absolute Gasteiger partial charge is 0.338 e. The summed E-state index contributed by atoms with van der Waals surface area (Å²) in [6.45, 7) is 5.95. The van der Waals surface area contributed by atoms with E-state index in [0.29, 0.717) is 5.56 Å². The Morgan fingerprint density at radius 3 is 1.80 bits per heavy atom. The molecule has 0 bridgehead atoms. The molecule has 0 fully saturated rings. The highest BCUT2D eigenvalue weighted by Crippen LogP contribution is 2.32. The molecular formula is C23H24O2. The standard InChI is InChI=1S/C21H18O2.C2H6/c1-15-13-18(16-9-5-3-6-10-16)14-19(20(15)21(22)23-2)17-11-7-4-8-12-17;1-2/h3-14H,1-2H3;1-2H3. The third-order valence-corrected chi connectivity index (χ3v) is 3.92. The Balaban J connectivity index is 0.00000109. The summed E-state index contributed by atoms with van der Waals surface area (Å²) in [6.07, 6.45) is 0. The van der Waals surface area contributed by atoms with Gasteiger partial charge in [-0.1, -0.05) is 80.6 Å². The normalized spacial score (nSPS) is 9.76. The Morgan fingerprint density at radius 1 is 0.760 bits per heavy atom. The van der Waals surface area contributed by atoms with Crippen LogP contribution < -0.4 is 0 Å². The van der Waals surface area contributed by atoms with Gasteiger partial charge in [0.25, 0.3) is 0 Å². The molecule has 2 heteroatoms. The molecule has 3 rings (SSSR count). The van der Waals surface area contributed by atoms with Crippen LogP contribution >= 0.6 is 0 Å². The molecule has 0 atom stereocenters. The van der Waals surface area contributed by atoms with Gasteiger partial charge in [0.15, 0.2) is 0 Å². The van der Waals surface area contributed by atoms with Crippen molar-refractivity contribution in [1.29, 1.82) is 0 Å². The maximum Gasteiger partial charge on any atom is 0.338 e. The Hall–Kier alpha value is -2.87. The van der Waals surface area contributed by atoms with Crippen LogP contribution in [0.1, 0.15) is 29.8 Å². The Morgan fingerprint density at radius 2 is 1.28 bits per heavy atom. The topological polar surface area (TPSA) is 26.3 Å². The first-order valence-corrected chi connectivity index (χ1v) is 8.54. The second-order valence-electron chi connectivity index (χ2n) is 5.44. The number of hydrogen-bond donors (Lipinski definition) is 0. The van der Waals surface area contributed by atoms with Crippen LogP contribution in [-0.4, -0.2) is 13.1 Å². The largest absolute Gasteiger partial charge is 0.465 e. The third-order valence-electron chi connectivity index (χ3n) is 3.92. The van der Waals surface area contributed by atoms with Crippen molar-refractivity contribution in [2.45, 2.75) is 20.8 Å². The van der Waals surface area contributed by atoms with Gasteiger partial charge < -0.3 is 4.74 Å². The number of benzene rings is 3. The fourth-order valence-electron chi connectivity index (χ4n) is 2.80. The van der Waals surface area contributed by atoms with Crippen LogP contribution in [0.5, 0.6) is 0 Å². The zero-order valence-corrected chi connectivity index (χ0v) is 15.2. The predicted octanol–water partition coefficient (Wildman–Crippen LogP) is 6.14. The molecule has 0 saturated carbocycles. The van der Waals surface area contributed by atoms with E-state index in [1.165, 1.54) is 7.11 Å². The average molecular weight is 332 g/mol. The molecule has 0 unspecified atom stereocenters. The van der Waals surface area contributed by atoms with Gasteiger partial charge in [0, 0.05) is 0 Å². The second-order valence-corrected chi connectivity index (χ2v) is 5.44. The minimum Gasteiger partial charge on any atom is -0.465 e. The first-order chi connectivity index (χ1) is 12.2. The van der Waals surface area contributed by atoms with Crippen molar-refractivity contribution in [3.63, 3.8) is 0 Å². The quantitative estimate of drug-likeness (QED) is 0.538. The van der Waals surface area contributed by atoms with Gasteiger partial charge >= 0.3 is 5.97 Å². The van der Waals surface area contributed by atoms with Gasteiger partial charge in [-0.05, 0) is 40.8 Å². The van der Waals surface area contributed by atoms with Crippen LogP contribution in [0.3, 0.4) is 0 Å². The van der Waals surface area contributed by atoms with Gasteiger partial charge in [-0.3, -0.25) is 0 Å². The van der Waals surface area contributed by atoms with Gasteiger partial charge in [0.05, 0.1) is 12.7 Å². The lowest BCUT2D eigenvalue weighted by atomic mass is 9.91. The number of aryl methyl sites for hydroxylation is 1. The number of esters is 1. The van der Waals surface area contributed by atoms with E-state index in [2.05, 4.69) is 18.2 Å². The SMILES string of the molecule is CC.COC(=O)c1c(C)cc(-c2ccccc2)cc1-c1ccccc1. The summed E-state index contributed by atoms with van der Waals surface area (Å²) in [5.74, 6) is -0.305. The number of carbonyl (C=O) groups is 1. The molecule has 0 saturated heterocycles. The van der Waals surface area contributed by atoms with Crippen LogP contribution in [0, 0.1) is 6.92 Å². The lowest BCUT2D eigenvalue weighted by Gasteiger charge is -2.14. The molecule has 2 nitrogen and oxygen atoms in total. The second kappa shape index (κ2) is 8.84. The lowest BCUT2D eigenvalue weighted by Crippen LogP contribution is -2.06. The number of ether oxygens (including phenoxy) is 1. The van der Waals surface area contributed by atoms with Crippen molar-refractivity contribution in [3.8, 4) is 22.3 Å². The number of rotatable bonds is 3. The maximum absolute atomic E-state index is 12.3. The molecule has 128 valence electrons. The average Bonchev–Trinajstić information content (AvgIpc) is 2.69. The highest BCUT2D eigenvalue weighted by atomic mass is 16.5. The van der Waals surface area contributed by atoms with E-state index in [1.54, 1.807) is 0 Å². The third kappa shape index (κ3) is 4.16. The van der Waals surface area contributed by atoms with E-state index in [0.717, 1.165) is 27.8 Å². The minimum atomic E-state index is -0.305. The molecule has 0 radical (unpaired) electrons. The molecule has 0 aliphatic heterocycles. The van der Waals surface area contributed by atoms with Gasteiger partial charge in [-0.15, -0.1) is 0 Å². The summed E-state index contributed by atoms with van der Waals surface area (Å²) in [5.41, 5.74) is 5.67. The van der Waals surface area contributed by atoms with Crippen molar-refractivity contribution in [1.82, 2.24) is 0 Å². The fraction of sp³-hybridized carbons (Fsp3) is 0.174. The van der Waals surface area contributed by atoms with Gasteiger partial charge in [-0.25, -0.2) is 4.79 Å². The van der Waals surface area contributed by atoms with E-state index in [-0.39, 0.29) is 5.97 Å². The minimum absolute atomic E-state index is 0.305. The van der Waals surface area contributed by atoms with E-state index >= 15 is 0 Å². The molecule has 3 aromatic carbocycles. The Bertz CT molecular complexity index is 821. The lowest BCUT2D eigenvalue weighted by molar-refractivity contribution is 0.0601. The van der Waals surface area contributed by atoms with Crippen molar-refractivity contribution >= 4 is 5.97 Å². The van der Waals surface area contributed by atoms with Gasteiger partial charge in [-0.2, -0.15) is 0 Å². The molecule has 0 N–H and O–H groups in total. The molecular weight excluding hydrogens is 308 g/mol. The van der Waals surface area contributed by atoms with Crippen molar-refractivity contribution < 1.29 is 9.53 Å². The van der Waals surface area contributed by atoms with Gasteiger partial charge in [0.1, 0.15) is 0 Å². The van der Waals surface area contributed by atoms with Crippen LogP contribution in [-0.2, 0) is 4.74 Å². The first-order valence-electron chi connectivity index (χ1n) is 8.54. The maximum atomic E-state index is 12.3. The fourth-order valence-corrected chi connectivity index (χ4v) is 2.80. The summed E-state index contributed by atoms with van der Waals surface area (Å²) in [5, 5.41) is 0. The first kappa shape index (κ1) is 18.5.